The molecule has 2 aromatic carbocycles. The van der Waals surface area contributed by atoms with E-state index >= 15 is 0 Å². The van der Waals surface area contributed by atoms with E-state index in [9.17, 15) is 9.18 Å². The summed E-state index contributed by atoms with van der Waals surface area (Å²) in [5.41, 5.74) is 1.02. The van der Waals surface area contributed by atoms with E-state index in [-0.39, 0.29) is 11.7 Å². The molecule has 2 rings (SSSR count). The summed E-state index contributed by atoms with van der Waals surface area (Å²) in [6.45, 7) is 2.72. The summed E-state index contributed by atoms with van der Waals surface area (Å²) in [6, 6.07) is 12.8. The van der Waals surface area contributed by atoms with Crippen molar-refractivity contribution in [2.24, 2.45) is 0 Å². The van der Waals surface area contributed by atoms with Gasteiger partial charge in [-0.3, -0.25) is 4.79 Å². The predicted molar refractivity (Wildman–Crippen MR) is 85.8 cm³/mol. The van der Waals surface area contributed by atoms with Gasteiger partial charge in [0.1, 0.15) is 11.6 Å². The minimum absolute atomic E-state index is 0.266. The second-order valence-corrected chi connectivity index (χ2v) is 5.01. The van der Waals surface area contributed by atoms with E-state index in [2.05, 4.69) is 12.2 Å². The van der Waals surface area contributed by atoms with E-state index in [0.29, 0.717) is 23.6 Å². The number of unbranched alkanes of at least 4 members (excludes halogenated alkanes) is 2. The molecule has 0 aromatic heterocycles. The van der Waals surface area contributed by atoms with Crippen LogP contribution in [0.2, 0.25) is 0 Å². The Balaban J connectivity index is 2.03. The zero-order valence-corrected chi connectivity index (χ0v) is 12.6. The minimum Gasteiger partial charge on any atom is -0.493 e. The van der Waals surface area contributed by atoms with Crippen molar-refractivity contribution in [2.75, 3.05) is 11.9 Å². The van der Waals surface area contributed by atoms with Gasteiger partial charge in [-0.2, -0.15) is 0 Å². The summed E-state index contributed by atoms with van der Waals surface area (Å²) < 4.78 is 18.6. The van der Waals surface area contributed by atoms with Crippen LogP contribution in [0.3, 0.4) is 0 Å². The fourth-order valence-corrected chi connectivity index (χ4v) is 2.05. The van der Waals surface area contributed by atoms with Crippen molar-refractivity contribution < 1.29 is 13.9 Å². The number of ether oxygens (including phenoxy) is 1. The van der Waals surface area contributed by atoms with E-state index in [4.69, 9.17) is 4.74 Å². The van der Waals surface area contributed by atoms with Gasteiger partial charge in [0.25, 0.3) is 5.91 Å². The van der Waals surface area contributed by atoms with Gasteiger partial charge in [-0.05, 0) is 42.8 Å². The van der Waals surface area contributed by atoms with Crippen molar-refractivity contribution in [2.45, 2.75) is 26.2 Å². The van der Waals surface area contributed by atoms with E-state index in [1.165, 1.54) is 24.3 Å². The number of benzene rings is 2. The number of para-hydroxylation sites is 1. The van der Waals surface area contributed by atoms with Gasteiger partial charge in [-0.15, -0.1) is 0 Å². The van der Waals surface area contributed by atoms with Crippen molar-refractivity contribution in [1.82, 2.24) is 0 Å². The van der Waals surface area contributed by atoms with Crippen LogP contribution in [-0.2, 0) is 0 Å². The van der Waals surface area contributed by atoms with E-state index in [1.54, 1.807) is 18.2 Å². The molecule has 0 radical (unpaired) electrons. The van der Waals surface area contributed by atoms with Gasteiger partial charge >= 0.3 is 0 Å². The van der Waals surface area contributed by atoms with E-state index < -0.39 is 0 Å². The molecule has 0 fully saturated rings. The maximum atomic E-state index is 12.9. The summed E-state index contributed by atoms with van der Waals surface area (Å²) >= 11 is 0. The first-order valence-electron chi connectivity index (χ1n) is 7.49. The van der Waals surface area contributed by atoms with Crippen LogP contribution in [0, 0.1) is 5.82 Å². The summed E-state index contributed by atoms with van der Waals surface area (Å²) in [4.78, 5) is 12.3. The fraction of sp³-hybridized carbons (Fsp3) is 0.278. The lowest BCUT2D eigenvalue weighted by molar-refractivity contribution is 0.102. The highest BCUT2D eigenvalue weighted by atomic mass is 19.1. The maximum Gasteiger partial charge on any atom is 0.259 e. The molecule has 0 atom stereocenters. The van der Waals surface area contributed by atoms with Gasteiger partial charge in [0.15, 0.2) is 0 Å². The Morgan fingerprint density at radius 3 is 2.55 bits per heavy atom. The Labute approximate surface area is 130 Å². The molecule has 1 N–H and O–H groups in total. The van der Waals surface area contributed by atoms with E-state index in [0.717, 1.165) is 19.3 Å². The molecule has 0 aliphatic heterocycles. The molecule has 0 bridgehead atoms. The molecule has 0 aliphatic carbocycles. The van der Waals surface area contributed by atoms with E-state index in [1.807, 2.05) is 6.07 Å². The van der Waals surface area contributed by atoms with Crippen LogP contribution in [0.5, 0.6) is 5.75 Å². The number of hydrogen-bond acceptors (Lipinski definition) is 2. The molecule has 0 unspecified atom stereocenters. The molecule has 4 heteroatoms. The van der Waals surface area contributed by atoms with Crippen LogP contribution in [-0.4, -0.2) is 12.5 Å². The number of carbonyl (C=O) groups is 1. The number of carbonyl (C=O) groups excluding carboxylic acids is 1. The number of amides is 1. The summed E-state index contributed by atoms with van der Waals surface area (Å²) in [5, 5.41) is 2.74. The number of halogens is 1. The largest absolute Gasteiger partial charge is 0.493 e. The van der Waals surface area contributed by atoms with Gasteiger partial charge in [0.05, 0.1) is 12.2 Å². The molecule has 22 heavy (non-hydrogen) atoms. The van der Waals surface area contributed by atoms with Gasteiger partial charge in [0.2, 0.25) is 0 Å². The zero-order chi connectivity index (χ0) is 15.8. The SMILES string of the molecule is CCCCCOc1ccccc1C(=O)Nc1ccc(F)cc1. The Morgan fingerprint density at radius 1 is 1.09 bits per heavy atom. The van der Waals surface area contributed by atoms with Gasteiger partial charge in [0, 0.05) is 5.69 Å². The molecule has 2 aromatic rings. The van der Waals surface area contributed by atoms with Crippen LogP contribution < -0.4 is 10.1 Å². The van der Waals surface area contributed by atoms with Crippen molar-refractivity contribution in [3.05, 3.63) is 59.9 Å². The monoisotopic (exact) mass is 301 g/mol. The highest BCUT2D eigenvalue weighted by Crippen LogP contribution is 2.20. The molecule has 0 aliphatic rings. The van der Waals surface area contributed by atoms with Crippen molar-refractivity contribution in [3.8, 4) is 5.75 Å². The lowest BCUT2D eigenvalue weighted by Gasteiger charge is -2.11. The predicted octanol–water partition coefficient (Wildman–Crippen LogP) is 4.65. The summed E-state index contributed by atoms with van der Waals surface area (Å²) in [6.07, 6.45) is 3.18. The third-order valence-corrected chi connectivity index (χ3v) is 3.24. The van der Waals surface area contributed by atoms with Crippen LogP contribution in [0.15, 0.2) is 48.5 Å². The highest BCUT2D eigenvalue weighted by Gasteiger charge is 2.12. The first kappa shape index (κ1) is 16.0. The van der Waals surface area contributed by atoms with Gasteiger partial charge in [-0.25, -0.2) is 4.39 Å². The van der Waals surface area contributed by atoms with Crippen molar-refractivity contribution in [1.29, 1.82) is 0 Å². The van der Waals surface area contributed by atoms with Crippen LogP contribution in [0.1, 0.15) is 36.5 Å². The Kier molecular flexibility index (Phi) is 5.95. The Hall–Kier alpha value is -2.36. The van der Waals surface area contributed by atoms with Crippen LogP contribution in [0.25, 0.3) is 0 Å². The van der Waals surface area contributed by atoms with Crippen molar-refractivity contribution in [3.63, 3.8) is 0 Å². The topological polar surface area (TPSA) is 38.3 Å². The molecule has 0 saturated carbocycles. The smallest absolute Gasteiger partial charge is 0.259 e. The lowest BCUT2D eigenvalue weighted by atomic mass is 10.1. The first-order valence-corrected chi connectivity index (χ1v) is 7.49. The summed E-state index contributed by atoms with van der Waals surface area (Å²) in [7, 11) is 0. The Bertz CT molecular complexity index is 611. The average Bonchev–Trinajstić information content (AvgIpc) is 2.54. The second kappa shape index (κ2) is 8.17. The second-order valence-electron chi connectivity index (χ2n) is 5.01. The van der Waals surface area contributed by atoms with Gasteiger partial charge in [-0.1, -0.05) is 31.9 Å². The third kappa shape index (κ3) is 4.58. The molecular formula is C18H20FNO2. The zero-order valence-electron chi connectivity index (χ0n) is 12.6. The fourth-order valence-electron chi connectivity index (χ4n) is 2.05. The van der Waals surface area contributed by atoms with Crippen LogP contribution in [0.4, 0.5) is 10.1 Å². The van der Waals surface area contributed by atoms with Crippen molar-refractivity contribution >= 4 is 11.6 Å². The standard InChI is InChI=1S/C18H20FNO2/c1-2-3-6-13-22-17-8-5-4-7-16(17)18(21)20-15-11-9-14(19)10-12-15/h4-5,7-12H,2-3,6,13H2,1H3,(H,20,21). The quantitative estimate of drug-likeness (QED) is 0.756. The highest BCUT2D eigenvalue weighted by molar-refractivity contribution is 6.06. The normalized spacial score (nSPS) is 10.3. The molecule has 0 spiro atoms. The number of nitrogens with one attached hydrogen (secondary N) is 1. The first-order chi connectivity index (χ1) is 10.7. The molecule has 1 amide bonds. The maximum absolute atomic E-state index is 12.9. The Morgan fingerprint density at radius 2 is 1.82 bits per heavy atom. The minimum atomic E-state index is -0.336. The molecule has 0 saturated heterocycles. The molecular weight excluding hydrogens is 281 g/mol. The number of anilines is 1. The third-order valence-electron chi connectivity index (χ3n) is 3.24. The molecule has 116 valence electrons. The summed E-state index contributed by atoms with van der Waals surface area (Å²) in [5.74, 6) is -0.0337. The lowest BCUT2D eigenvalue weighted by Crippen LogP contribution is -2.14. The van der Waals surface area contributed by atoms with Crippen LogP contribution >= 0.6 is 0 Å². The number of rotatable bonds is 7. The van der Waals surface area contributed by atoms with Gasteiger partial charge < -0.3 is 10.1 Å². The number of hydrogen-bond donors (Lipinski definition) is 1. The molecule has 0 heterocycles. The molecule has 3 nitrogen and oxygen atoms in total. The average molecular weight is 301 g/mol.